The van der Waals surface area contributed by atoms with Crippen LogP contribution in [0.4, 0.5) is 4.79 Å². The standard InChI is InChI=1S/C25H29N3O5.C23H29N3O3/c1-13-20(14(2)33-27-13)16-11-17(22(29)19-7-6-10-31-19)21-18(12-16)28(23(26-21)15-8-9-15)24(30)32-25(3,4)5;1-12(2)23(27,19-6-5-9-28-19)17-10-16(20-13(3)26-29-14(20)4)11-18-21(17)25-22(24-18)15-7-8-15/h11-12,15,19H,6-10H2,1-5H3;10-12,15,19,27H,5-9H2,1-4H3,(H,24,25). The normalized spacial score (nSPS) is 20.2. The molecule has 328 valence electrons. The molecule has 2 aromatic carbocycles. The van der Waals surface area contributed by atoms with Crippen molar-refractivity contribution in [1.82, 2.24) is 29.8 Å². The van der Waals surface area contributed by atoms with Gasteiger partial charge in [0.2, 0.25) is 0 Å². The van der Waals surface area contributed by atoms with Crippen molar-refractivity contribution in [2.24, 2.45) is 5.92 Å². The topological polar surface area (TPSA) is 181 Å². The Morgan fingerprint density at radius 2 is 1.44 bits per heavy atom. The number of carbonyl (C=O) groups excluding carboxylic acids is 2. The van der Waals surface area contributed by atoms with E-state index in [2.05, 4.69) is 41.3 Å². The summed E-state index contributed by atoms with van der Waals surface area (Å²) in [4.78, 5) is 40.2. The Balaban J connectivity index is 0.000000159. The molecule has 62 heavy (non-hydrogen) atoms. The van der Waals surface area contributed by atoms with Gasteiger partial charge in [-0.2, -0.15) is 0 Å². The zero-order chi connectivity index (χ0) is 43.8. The molecule has 6 heterocycles. The van der Waals surface area contributed by atoms with E-state index in [1.54, 1.807) is 4.57 Å². The summed E-state index contributed by atoms with van der Waals surface area (Å²) in [6.45, 7) is 18.5. The first-order valence-corrected chi connectivity index (χ1v) is 22.2. The van der Waals surface area contributed by atoms with E-state index >= 15 is 0 Å². The molecular weight excluding hydrogens is 789 g/mol. The second kappa shape index (κ2) is 15.9. The van der Waals surface area contributed by atoms with Crippen LogP contribution in [0.3, 0.4) is 0 Å². The molecule has 2 N–H and O–H groups in total. The van der Waals surface area contributed by atoms with Gasteiger partial charge in [-0.05, 0) is 141 Å². The van der Waals surface area contributed by atoms with E-state index in [0.29, 0.717) is 59.4 Å². The number of aliphatic hydroxyl groups is 1. The maximum atomic E-state index is 13.5. The molecule has 6 aromatic rings. The number of rotatable bonds is 9. The van der Waals surface area contributed by atoms with Crippen LogP contribution in [0.2, 0.25) is 0 Å². The summed E-state index contributed by atoms with van der Waals surface area (Å²) in [5.41, 5.74) is 7.51. The lowest BCUT2D eigenvalue weighted by Gasteiger charge is -2.38. The molecule has 4 aliphatic rings. The second-order valence-electron chi connectivity index (χ2n) is 19.0. The highest BCUT2D eigenvalue weighted by Crippen LogP contribution is 2.46. The van der Waals surface area contributed by atoms with Gasteiger partial charge >= 0.3 is 6.09 Å². The fourth-order valence-corrected chi connectivity index (χ4v) is 9.31. The molecule has 10 rings (SSSR count). The van der Waals surface area contributed by atoms with E-state index in [9.17, 15) is 14.7 Å². The third kappa shape index (κ3) is 7.68. The maximum Gasteiger partial charge on any atom is 0.420 e. The third-order valence-electron chi connectivity index (χ3n) is 12.7. The number of imidazole rings is 2. The van der Waals surface area contributed by atoms with Crippen molar-refractivity contribution in [3.8, 4) is 22.3 Å². The molecule has 0 amide bonds. The van der Waals surface area contributed by atoms with Crippen LogP contribution in [0.15, 0.2) is 33.3 Å². The molecule has 4 aromatic heterocycles. The van der Waals surface area contributed by atoms with Gasteiger partial charge in [-0.1, -0.05) is 24.2 Å². The summed E-state index contributed by atoms with van der Waals surface area (Å²) in [5.74, 6) is 3.66. The predicted molar refractivity (Wildman–Crippen MR) is 232 cm³/mol. The molecule has 14 heteroatoms. The van der Waals surface area contributed by atoms with Gasteiger partial charge < -0.3 is 33.3 Å². The molecule has 14 nitrogen and oxygen atoms in total. The molecule has 0 bridgehead atoms. The second-order valence-corrected chi connectivity index (χ2v) is 19.0. The van der Waals surface area contributed by atoms with Crippen LogP contribution in [0.5, 0.6) is 0 Å². The van der Waals surface area contributed by atoms with Gasteiger partial charge in [-0.25, -0.2) is 19.3 Å². The van der Waals surface area contributed by atoms with Gasteiger partial charge in [0.05, 0.1) is 34.0 Å². The minimum absolute atomic E-state index is 0.0187. The number of aryl methyl sites for hydroxylation is 4. The molecule has 2 saturated heterocycles. The Hall–Kier alpha value is -5.18. The van der Waals surface area contributed by atoms with Crippen LogP contribution in [-0.2, 0) is 19.8 Å². The van der Waals surface area contributed by atoms with Gasteiger partial charge in [-0.3, -0.25) is 4.79 Å². The largest absolute Gasteiger partial charge is 0.443 e. The number of benzene rings is 2. The molecule has 0 radical (unpaired) electrons. The Kier molecular flexibility index (Phi) is 10.8. The van der Waals surface area contributed by atoms with E-state index in [4.69, 9.17) is 33.2 Å². The minimum atomic E-state index is -1.11. The number of aromatic amines is 1. The number of nitrogens with zero attached hydrogens (tertiary/aromatic N) is 5. The quantitative estimate of drug-likeness (QED) is 0.132. The number of nitrogens with one attached hydrogen (secondary N) is 1. The van der Waals surface area contributed by atoms with E-state index < -0.39 is 23.4 Å². The number of carbonyl (C=O) groups is 2. The highest BCUT2D eigenvalue weighted by Gasteiger charge is 2.46. The van der Waals surface area contributed by atoms with Crippen LogP contribution >= 0.6 is 0 Å². The Morgan fingerprint density at radius 3 is 1.97 bits per heavy atom. The predicted octanol–water partition coefficient (Wildman–Crippen LogP) is 10.1. The third-order valence-corrected chi connectivity index (χ3v) is 12.7. The number of fused-ring (bicyclic) bond motifs is 2. The number of ether oxygens (including phenoxy) is 3. The van der Waals surface area contributed by atoms with Gasteiger partial charge in [0.1, 0.15) is 46.0 Å². The number of H-pyrrole nitrogens is 1. The van der Waals surface area contributed by atoms with Crippen molar-refractivity contribution < 1.29 is 38.0 Å². The van der Waals surface area contributed by atoms with Crippen LogP contribution in [0, 0.1) is 33.6 Å². The zero-order valence-corrected chi connectivity index (χ0v) is 37.3. The van der Waals surface area contributed by atoms with Crippen molar-refractivity contribution >= 4 is 33.9 Å². The number of hydrogen-bond donors (Lipinski definition) is 2. The van der Waals surface area contributed by atoms with E-state index in [-0.39, 0.29) is 23.7 Å². The molecule has 3 unspecified atom stereocenters. The van der Waals surface area contributed by atoms with Crippen LogP contribution < -0.4 is 0 Å². The smallest absolute Gasteiger partial charge is 0.420 e. The van der Waals surface area contributed by atoms with E-state index in [1.807, 2.05) is 60.6 Å². The Bertz CT molecular complexity index is 2640. The summed E-state index contributed by atoms with van der Waals surface area (Å²) in [7, 11) is 0. The summed E-state index contributed by atoms with van der Waals surface area (Å²) in [5, 5.41) is 20.3. The Labute approximate surface area is 361 Å². The summed E-state index contributed by atoms with van der Waals surface area (Å²) >= 11 is 0. The molecule has 4 fully saturated rings. The van der Waals surface area contributed by atoms with Crippen molar-refractivity contribution in [2.75, 3.05) is 13.2 Å². The van der Waals surface area contributed by atoms with Crippen LogP contribution in [-0.4, -0.2) is 77.8 Å². The lowest BCUT2D eigenvalue weighted by Crippen LogP contribution is -2.44. The minimum Gasteiger partial charge on any atom is -0.443 e. The number of aromatic nitrogens is 6. The van der Waals surface area contributed by atoms with Crippen molar-refractivity contribution in [3.63, 3.8) is 0 Å². The van der Waals surface area contributed by atoms with Crippen LogP contribution in [0.25, 0.3) is 44.3 Å². The summed E-state index contributed by atoms with van der Waals surface area (Å²) in [6, 6.07) is 7.91. The highest BCUT2D eigenvalue weighted by molar-refractivity contribution is 6.11. The first-order chi connectivity index (χ1) is 29.5. The lowest BCUT2D eigenvalue weighted by atomic mass is 9.76. The average molecular weight is 847 g/mol. The average Bonchev–Trinajstić information content (AvgIpc) is 3.77. The summed E-state index contributed by atoms with van der Waals surface area (Å²) in [6.07, 6.45) is 6.40. The number of hydrogen-bond acceptors (Lipinski definition) is 12. The van der Waals surface area contributed by atoms with Gasteiger partial charge in [0.25, 0.3) is 0 Å². The fourth-order valence-electron chi connectivity index (χ4n) is 9.31. The number of ketones is 1. The van der Waals surface area contributed by atoms with Crippen molar-refractivity contribution in [3.05, 3.63) is 69.9 Å². The molecule has 3 atom stereocenters. The molecule has 0 spiro atoms. The molecular formula is C48H58N6O8. The monoisotopic (exact) mass is 846 g/mol. The van der Waals surface area contributed by atoms with Gasteiger partial charge in [0.15, 0.2) is 5.78 Å². The van der Waals surface area contributed by atoms with Crippen molar-refractivity contribution in [1.29, 1.82) is 0 Å². The molecule has 2 aliphatic heterocycles. The molecule has 2 saturated carbocycles. The zero-order valence-electron chi connectivity index (χ0n) is 37.3. The highest BCUT2D eigenvalue weighted by atomic mass is 16.6. The fraction of sp³-hybridized carbons (Fsp3) is 0.542. The van der Waals surface area contributed by atoms with Crippen LogP contribution in [0.1, 0.15) is 148 Å². The Morgan fingerprint density at radius 1 is 0.806 bits per heavy atom. The lowest BCUT2D eigenvalue weighted by molar-refractivity contribution is -0.118. The maximum absolute atomic E-state index is 13.5. The first-order valence-electron chi connectivity index (χ1n) is 22.2. The SMILES string of the molecule is Cc1noc(C)c1-c1cc(C(=O)C2CCCO2)c2nc(C3CC3)n(C(=O)OC(C)(C)C)c2c1.Cc1noc(C)c1-c1cc(C(O)(C(C)C)C2CCCO2)c2nc(C3CC3)[nH]c2c1. The molecule has 2 aliphatic carbocycles. The number of Topliss-reactive ketones (excluding diaryl/α,β-unsaturated/α-hetero) is 1. The van der Waals surface area contributed by atoms with Crippen molar-refractivity contribution in [2.45, 2.75) is 149 Å². The van der Waals surface area contributed by atoms with E-state index in [1.165, 1.54) is 12.8 Å². The van der Waals surface area contributed by atoms with Gasteiger partial charge in [0, 0.05) is 47.3 Å². The summed E-state index contributed by atoms with van der Waals surface area (Å²) < 4.78 is 29.8. The first kappa shape index (κ1) is 42.1. The van der Waals surface area contributed by atoms with E-state index in [0.717, 1.165) is 88.2 Å². The van der Waals surface area contributed by atoms with Gasteiger partial charge in [-0.15, -0.1) is 0 Å².